The average Bonchev–Trinajstić information content (AvgIpc) is 2.34. The first-order chi connectivity index (χ1) is 8.52. The van der Waals surface area contributed by atoms with Crippen molar-refractivity contribution >= 4 is 5.91 Å². The van der Waals surface area contributed by atoms with Crippen molar-refractivity contribution in [1.29, 1.82) is 0 Å². The monoisotopic (exact) mass is 251 g/mol. The van der Waals surface area contributed by atoms with E-state index in [-0.39, 0.29) is 11.7 Å². The summed E-state index contributed by atoms with van der Waals surface area (Å²) in [6, 6.07) is 6.35. The maximum atomic E-state index is 12.7. The highest BCUT2D eigenvalue weighted by atomic mass is 19.1. The van der Waals surface area contributed by atoms with Gasteiger partial charge < -0.3 is 4.90 Å². The first-order valence-electron chi connectivity index (χ1n) is 6.55. The Labute approximate surface area is 109 Å². The Morgan fingerprint density at radius 2 is 1.89 bits per heavy atom. The van der Waals surface area contributed by atoms with E-state index in [4.69, 9.17) is 0 Å². The van der Waals surface area contributed by atoms with Gasteiger partial charge in [0.05, 0.1) is 0 Å². The van der Waals surface area contributed by atoms with Crippen molar-refractivity contribution in [3.05, 3.63) is 35.6 Å². The summed E-state index contributed by atoms with van der Waals surface area (Å²) in [6.45, 7) is 7.77. The van der Waals surface area contributed by atoms with Crippen molar-refractivity contribution in [2.75, 3.05) is 13.1 Å². The van der Waals surface area contributed by atoms with Gasteiger partial charge in [0.25, 0.3) is 0 Å². The Kier molecular flexibility index (Phi) is 5.83. The Balaban J connectivity index is 2.46. The third-order valence-corrected chi connectivity index (χ3v) is 2.86. The number of rotatable bonds is 6. The van der Waals surface area contributed by atoms with Crippen LogP contribution in [0.1, 0.15) is 32.8 Å². The number of carbonyl (C=O) groups excluding carboxylic acids is 1. The molecule has 0 saturated heterocycles. The summed E-state index contributed by atoms with van der Waals surface area (Å²) < 4.78 is 12.7. The normalized spacial score (nSPS) is 10.7. The van der Waals surface area contributed by atoms with Gasteiger partial charge in [0, 0.05) is 19.5 Å². The molecule has 0 fully saturated rings. The van der Waals surface area contributed by atoms with Gasteiger partial charge in [-0.15, -0.1) is 0 Å². The minimum atomic E-state index is -0.236. The number of nitrogens with zero attached hydrogens (tertiary/aromatic N) is 1. The first-order valence-corrected chi connectivity index (χ1v) is 6.55. The van der Waals surface area contributed by atoms with E-state index < -0.39 is 0 Å². The second kappa shape index (κ2) is 7.14. The molecule has 0 atom stereocenters. The molecule has 100 valence electrons. The number of hydrogen-bond acceptors (Lipinski definition) is 1. The molecule has 0 N–H and O–H groups in total. The van der Waals surface area contributed by atoms with E-state index in [0.717, 1.165) is 18.7 Å². The third-order valence-electron chi connectivity index (χ3n) is 2.86. The summed E-state index contributed by atoms with van der Waals surface area (Å²) in [5, 5.41) is 0. The van der Waals surface area contributed by atoms with Gasteiger partial charge in [0.2, 0.25) is 5.91 Å². The predicted molar refractivity (Wildman–Crippen MR) is 71.8 cm³/mol. The fraction of sp³-hybridized carbons (Fsp3) is 0.533. The van der Waals surface area contributed by atoms with E-state index in [0.29, 0.717) is 18.8 Å². The Hall–Kier alpha value is -1.38. The molecule has 1 rings (SSSR count). The van der Waals surface area contributed by atoms with E-state index >= 15 is 0 Å². The molecule has 0 aliphatic heterocycles. The van der Waals surface area contributed by atoms with Crippen LogP contribution in [0.25, 0.3) is 0 Å². The summed E-state index contributed by atoms with van der Waals surface area (Å²) in [5.74, 6) is 0.426. The lowest BCUT2D eigenvalue weighted by Crippen LogP contribution is -2.34. The SMILES string of the molecule is CCN(CC(C)C)C(=O)CCc1ccc(F)cc1. The van der Waals surface area contributed by atoms with Crippen LogP contribution in [0.5, 0.6) is 0 Å². The Morgan fingerprint density at radius 3 is 2.39 bits per heavy atom. The lowest BCUT2D eigenvalue weighted by atomic mass is 10.1. The summed E-state index contributed by atoms with van der Waals surface area (Å²) in [7, 11) is 0. The summed E-state index contributed by atoms with van der Waals surface area (Å²) in [5.41, 5.74) is 1.00. The number of benzene rings is 1. The molecule has 0 radical (unpaired) electrons. The highest BCUT2D eigenvalue weighted by Gasteiger charge is 2.12. The van der Waals surface area contributed by atoms with Gasteiger partial charge in [-0.25, -0.2) is 4.39 Å². The van der Waals surface area contributed by atoms with Crippen LogP contribution in [0.2, 0.25) is 0 Å². The maximum absolute atomic E-state index is 12.7. The molecule has 0 saturated carbocycles. The van der Waals surface area contributed by atoms with Crippen LogP contribution in [-0.4, -0.2) is 23.9 Å². The van der Waals surface area contributed by atoms with Crippen LogP contribution in [0.15, 0.2) is 24.3 Å². The molecule has 1 aromatic carbocycles. The van der Waals surface area contributed by atoms with Crippen LogP contribution in [0.4, 0.5) is 4.39 Å². The van der Waals surface area contributed by atoms with Crippen molar-refractivity contribution in [2.24, 2.45) is 5.92 Å². The highest BCUT2D eigenvalue weighted by Crippen LogP contribution is 2.08. The van der Waals surface area contributed by atoms with E-state index in [1.807, 2.05) is 11.8 Å². The van der Waals surface area contributed by atoms with Crippen molar-refractivity contribution in [1.82, 2.24) is 4.90 Å². The zero-order valence-corrected chi connectivity index (χ0v) is 11.4. The smallest absolute Gasteiger partial charge is 0.222 e. The minimum Gasteiger partial charge on any atom is -0.343 e. The lowest BCUT2D eigenvalue weighted by molar-refractivity contribution is -0.131. The Morgan fingerprint density at radius 1 is 1.28 bits per heavy atom. The topological polar surface area (TPSA) is 20.3 Å². The molecule has 0 aromatic heterocycles. The second-order valence-corrected chi connectivity index (χ2v) is 4.95. The summed E-state index contributed by atoms with van der Waals surface area (Å²) in [4.78, 5) is 13.9. The van der Waals surface area contributed by atoms with Gasteiger partial charge in [0.1, 0.15) is 5.82 Å². The van der Waals surface area contributed by atoms with Crippen LogP contribution < -0.4 is 0 Å². The van der Waals surface area contributed by atoms with Gasteiger partial charge in [-0.3, -0.25) is 4.79 Å². The van der Waals surface area contributed by atoms with E-state index in [1.165, 1.54) is 12.1 Å². The molecule has 0 aliphatic carbocycles. The number of hydrogen-bond donors (Lipinski definition) is 0. The number of amides is 1. The molecule has 1 amide bonds. The van der Waals surface area contributed by atoms with E-state index in [2.05, 4.69) is 13.8 Å². The first kappa shape index (κ1) is 14.7. The van der Waals surface area contributed by atoms with Crippen LogP contribution >= 0.6 is 0 Å². The van der Waals surface area contributed by atoms with Gasteiger partial charge in [-0.2, -0.15) is 0 Å². The molecular weight excluding hydrogens is 229 g/mol. The standard InChI is InChI=1S/C15H22FNO/c1-4-17(11-12(2)3)15(18)10-7-13-5-8-14(16)9-6-13/h5-6,8-9,12H,4,7,10-11H2,1-3H3. The molecule has 0 spiro atoms. The Bertz CT molecular complexity index is 373. The quantitative estimate of drug-likeness (QED) is 0.760. The maximum Gasteiger partial charge on any atom is 0.222 e. The average molecular weight is 251 g/mol. The lowest BCUT2D eigenvalue weighted by Gasteiger charge is -2.23. The van der Waals surface area contributed by atoms with Crippen molar-refractivity contribution in [3.8, 4) is 0 Å². The number of carbonyl (C=O) groups is 1. The molecule has 18 heavy (non-hydrogen) atoms. The zero-order chi connectivity index (χ0) is 13.5. The molecular formula is C15H22FNO. The highest BCUT2D eigenvalue weighted by molar-refractivity contribution is 5.76. The molecule has 0 heterocycles. The van der Waals surface area contributed by atoms with Crippen LogP contribution in [0, 0.1) is 11.7 Å². The molecule has 3 heteroatoms. The number of aryl methyl sites for hydroxylation is 1. The molecule has 2 nitrogen and oxygen atoms in total. The fourth-order valence-electron chi connectivity index (χ4n) is 1.91. The zero-order valence-electron chi connectivity index (χ0n) is 11.4. The molecule has 0 unspecified atom stereocenters. The summed E-state index contributed by atoms with van der Waals surface area (Å²) >= 11 is 0. The molecule has 0 bridgehead atoms. The van der Waals surface area contributed by atoms with Crippen molar-refractivity contribution < 1.29 is 9.18 Å². The van der Waals surface area contributed by atoms with Crippen LogP contribution in [-0.2, 0) is 11.2 Å². The fourth-order valence-corrected chi connectivity index (χ4v) is 1.91. The van der Waals surface area contributed by atoms with E-state index in [1.54, 1.807) is 12.1 Å². The molecule has 0 aliphatic rings. The molecule has 1 aromatic rings. The third kappa shape index (κ3) is 4.86. The second-order valence-electron chi connectivity index (χ2n) is 4.95. The van der Waals surface area contributed by atoms with Crippen molar-refractivity contribution in [2.45, 2.75) is 33.6 Å². The summed E-state index contributed by atoms with van der Waals surface area (Å²) in [6.07, 6.45) is 1.17. The van der Waals surface area contributed by atoms with Gasteiger partial charge >= 0.3 is 0 Å². The van der Waals surface area contributed by atoms with Crippen molar-refractivity contribution in [3.63, 3.8) is 0 Å². The minimum absolute atomic E-state index is 0.176. The van der Waals surface area contributed by atoms with E-state index in [9.17, 15) is 9.18 Å². The van der Waals surface area contributed by atoms with Crippen LogP contribution in [0.3, 0.4) is 0 Å². The number of halogens is 1. The van der Waals surface area contributed by atoms with Gasteiger partial charge in [-0.05, 0) is 37.0 Å². The van der Waals surface area contributed by atoms with Gasteiger partial charge in [-0.1, -0.05) is 26.0 Å². The van der Waals surface area contributed by atoms with Gasteiger partial charge in [0.15, 0.2) is 0 Å². The predicted octanol–water partition coefficient (Wildman–Crippen LogP) is 3.26. The largest absolute Gasteiger partial charge is 0.343 e.